The van der Waals surface area contributed by atoms with Crippen molar-refractivity contribution in [1.82, 2.24) is 15.0 Å². The molecular weight excluding hydrogens is 346 g/mol. The lowest BCUT2D eigenvalue weighted by Crippen LogP contribution is -2.14. The van der Waals surface area contributed by atoms with E-state index in [0.29, 0.717) is 23.4 Å². The van der Waals surface area contributed by atoms with Crippen molar-refractivity contribution in [2.75, 3.05) is 31.4 Å². The minimum atomic E-state index is -0.662. The van der Waals surface area contributed by atoms with Gasteiger partial charge in [-0.3, -0.25) is 0 Å². The molecule has 1 atom stereocenters. The zero-order chi connectivity index (χ0) is 19.1. The Hall–Kier alpha value is -3.39. The maximum atomic E-state index is 10.2. The van der Waals surface area contributed by atoms with Gasteiger partial charge in [0.15, 0.2) is 11.5 Å². The molecular formula is C19H21N5O3. The highest BCUT2D eigenvalue weighted by Gasteiger charge is 2.09. The minimum Gasteiger partial charge on any atom is -0.493 e. The Morgan fingerprint density at radius 2 is 1.70 bits per heavy atom. The zero-order valence-electron chi connectivity index (χ0n) is 15.1. The molecule has 0 spiro atoms. The fraction of sp³-hybridized carbons (Fsp3) is 0.211. The van der Waals surface area contributed by atoms with Gasteiger partial charge in [-0.15, -0.1) is 0 Å². The predicted molar refractivity (Wildman–Crippen MR) is 103 cm³/mol. The molecule has 0 aliphatic carbocycles. The highest BCUT2D eigenvalue weighted by atomic mass is 16.5. The molecule has 0 radical (unpaired) electrons. The van der Waals surface area contributed by atoms with Crippen LogP contribution in [0.2, 0.25) is 0 Å². The molecule has 0 amide bonds. The molecule has 8 nitrogen and oxygen atoms in total. The van der Waals surface area contributed by atoms with E-state index < -0.39 is 6.10 Å². The van der Waals surface area contributed by atoms with Crippen LogP contribution in [-0.4, -0.2) is 40.8 Å². The van der Waals surface area contributed by atoms with Gasteiger partial charge < -0.3 is 25.2 Å². The van der Waals surface area contributed by atoms with Crippen molar-refractivity contribution in [3.63, 3.8) is 0 Å². The van der Waals surface area contributed by atoms with E-state index in [9.17, 15) is 5.11 Å². The van der Waals surface area contributed by atoms with E-state index in [0.717, 1.165) is 11.3 Å². The Kier molecular flexibility index (Phi) is 6.01. The van der Waals surface area contributed by atoms with Crippen LogP contribution >= 0.6 is 0 Å². The Balaban J connectivity index is 1.65. The first kappa shape index (κ1) is 18.4. The van der Waals surface area contributed by atoms with Gasteiger partial charge in [-0.2, -0.15) is 4.98 Å². The number of hydrogen-bond acceptors (Lipinski definition) is 8. The maximum Gasteiger partial charge on any atom is 0.231 e. The maximum absolute atomic E-state index is 10.2. The largest absolute Gasteiger partial charge is 0.493 e. The summed E-state index contributed by atoms with van der Waals surface area (Å²) in [7, 11) is 3.16. The summed E-state index contributed by atoms with van der Waals surface area (Å²) in [6.07, 6.45) is 0.734. The number of anilines is 3. The van der Waals surface area contributed by atoms with E-state index >= 15 is 0 Å². The van der Waals surface area contributed by atoms with Gasteiger partial charge in [-0.05, 0) is 17.7 Å². The quantitative estimate of drug-likeness (QED) is 0.559. The van der Waals surface area contributed by atoms with Gasteiger partial charge in [0.05, 0.1) is 20.3 Å². The van der Waals surface area contributed by atoms with Crippen LogP contribution in [0.15, 0.2) is 54.9 Å². The van der Waals surface area contributed by atoms with Gasteiger partial charge in [0.2, 0.25) is 11.9 Å². The van der Waals surface area contributed by atoms with E-state index in [-0.39, 0.29) is 6.54 Å². The number of ether oxygens (including phenoxy) is 2. The summed E-state index contributed by atoms with van der Waals surface area (Å²) in [4.78, 5) is 12.5. The summed E-state index contributed by atoms with van der Waals surface area (Å²) in [6, 6.07) is 14.8. The van der Waals surface area contributed by atoms with Crippen molar-refractivity contribution in [3.8, 4) is 11.5 Å². The number of rotatable bonds is 8. The topological polar surface area (TPSA) is 101 Å². The normalized spacial score (nSPS) is 11.5. The molecule has 0 aliphatic rings. The number of aliphatic hydroxyl groups excluding tert-OH is 1. The number of methoxy groups -OCH3 is 2. The number of hydrogen-bond donors (Lipinski definition) is 3. The molecule has 140 valence electrons. The molecule has 0 aliphatic heterocycles. The first-order chi connectivity index (χ1) is 13.2. The summed E-state index contributed by atoms with van der Waals surface area (Å²) in [6.45, 7) is 0.282. The first-order valence-corrected chi connectivity index (χ1v) is 8.34. The van der Waals surface area contributed by atoms with E-state index in [1.54, 1.807) is 26.4 Å². The molecule has 1 aromatic heterocycles. The van der Waals surface area contributed by atoms with Crippen molar-refractivity contribution >= 4 is 17.6 Å². The second-order valence-corrected chi connectivity index (χ2v) is 5.63. The van der Waals surface area contributed by atoms with E-state index in [2.05, 4.69) is 25.6 Å². The lowest BCUT2D eigenvalue weighted by molar-refractivity contribution is 0.191. The molecule has 3 aromatic rings. The van der Waals surface area contributed by atoms with Crippen molar-refractivity contribution in [3.05, 3.63) is 60.4 Å². The third kappa shape index (κ3) is 4.83. The van der Waals surface area contributed by atoms with Gasteiger partial charge in [0.1, 0.15) is 6.33 Å². The van der Waals surface area contributed by atoms with Gasteiger partial charge >= 0.3 is 0 Å². The number of benzene rings is 2. The summed E-state index contributed by atoms with van der Waals surface area (Å²) in [5, 5.41) is 16.3. The lowest BCUT2D eigenvalue weighted by atomic mass is 10.1. The van der Waals surface area contributed by atoms with Crippen molar-refractivity contribution in [2.24, 2.45) is 0 Å². The van der Waals surface area contributed by atoms with Crippen LogP contribution in [0.25, 0.3) is 0 Å². The van der Waals surface area contributed by atoms with Crippen LogP contribution in [-0.2, 0) is 0 Å². The van der Waals surface area contributed by atoms with Crippen molar-refractivity contribution in [2.45, 2.75) is 6.10 Å². The van der Waals surface area contributed by atoms with E-state index in [4.69, 9.17) is 9.47 Å². The molecule has 0 bridgehead atoms. The second kappa shape index (κ2) is 8.81. The van der Waals surface area contributed by atoms with E-state index in [1.807, 2.05) is 36.4 Å². The van der Waals surface area contributed by atoms with Crippen molar-refractivity contribution in [1.29, 1.82) is 0 Å². The molecule has 1 heterocycles. The van der Waals surface area contributed by atoms with Gasteiger partial charge in [0.25, 0.3) is 0 Å². The first-order valence-electron chi connectivity index (χ1n) is 8.34. The van der Waals surface area contributed by atoms with E-state index in [1.165, 1.54) is 6.33 Å². The molecule has 2 aromatic carbocycles. The zero-order valence-corrected chi connectivity index (χ0v) is 15.1. The third-order valence-electron chi connectivity index (χ3n) is 3.85. The third-order valence-corrected chi connectivity index (χ3v) is 3.85. The summed E-state index contributed by atoms with van der Waals surface area (Å²) >= 11 is 0. The second-order valence-electron chi connectivity index (χ2n) is 5.63. The average Bonchev–Trinajstić information content (AvgIpc) is 2.73. The monoisotopic (exact) mass is 367 g/mol. The highest BCUT2D eigenvalue weighted by molar-refractivity contribution is 5.60. The molecule has 1 unspecified atom stereocenters. The summed E-state index contributed by atoms with van der Waals surface area (Å²) in [5.74, 6) is 1.97. The Labute approximate surface area is 157 Å². The number of aliphatic hydroxyl groups is 1. The summed E-state index contributed by atoms with van der Waals surface area (Å²) in [5.41, 5.74) is 1.57. The Morgan fingerprint density at radius 3 is 2.44 bits per heavy atom. The SMILES string of the molecule is COc1ccc(Nc2ncnc(NCC(O)c3ccccc3)n2)cc1OC. The van der Waals surface area contributed by atoms with Crippen LogP contribution in [0.1, 0.15) is 11.7 Å². The smallest absolute Gasteiger partial charge is 0.231 e. The van der Waals surface area contributed by atoms with Crippen molar-refractivity contribution < 1.29 is 14.6 Å². The fourth-order valence-corrected chi connectivity index (χ4v) is 2.47. The van der Waals surface area contributed by atoms with Crippen LogP contribution in [0.5, 0.6) is 11.5 Å². The fourth-order valence-electron chi connectivity index (χ4n) is 2.47. The van der Waals surface area contributed by atoms with Crippen LogP contribution in [0.4, 0.5) is 17.6 Å². The van der Waals surface area contributed by atoms with Crippen LogP contribution in [0, 0.1) is 0 Å². The Bertz CT molecular complexity index is 876. The predicted octanol–water partition coefficient (Wildman–Crippen LogP) is 2.78. The molecule has 0 saturated heterocycles. The highest BCUT2D eigenvalue weighted by Crippen LogP contribution is 2.30. The molecule has 27 heavy (non-hydrogen) atoms. The molecule has 0 fully saturated rings. The number of nitrogens with one attached hydrogen (secondary N) is 2. The molecule has 3 N–H and O–H groups in total. The minimum absolute atomic E-state index is 0.282. The Morgan fingerprint density at radius 1 is 0.963 bits per heavy atom. The molecule has 0 saturated carbocycles. The lowest BCUT2D eigenvalue weighted by Gasteiger charge is -2.13. The number of nitrogens with zero attached hydrogens (tertiary/aromatic N) is 3. The number of aromatic nitrogens is 3. The standard InChI is InChI=1S/C19H21N5O3/c1-26-16-9-8-14(10-17(16)27-2)23-19-22-12-21-18(24-19)20-11-15(25)13-6-4-3-5-7-13/h3-10,12,15,25H,11H2,1-2H3,(H2,20,21,22,23,24). The van der Waals surface area contributed by atoms with Gasteiger partial charge in [-0.25, -0.2) is 9.97 Å². The van der Waals surface area contributed by atoms with Gasteiger partial charge in [0, 0.05) is 18.3 Å². The average molecular weight is 367 g/mol. The van der Waals surface area contributed by atoms with Gasteiger partial charge in [-0.1, -0.05) is 30.3 Å². The molecule has 8 heteroatoms. The van der Waals surface area contributed by atoms with Crippen LogP contribution < -0.4 is 20.1 Å². The van der Waals surface area contributed by atoms with Crippen LogP contribution in [0.3, 0.4) is 0 Å². The summed E-state index contributed by atoms with van der Waals surface area (Å²) < 4.78 is 10.5. The molecule has 3 rings (SSSR count).